The first-order chi connectivity index (χ1) is 9.66. The van der Waals surface area contributed by atoms with Crippen LogP contribution in [0.15, 0.2) is 42.5 Å². The maximum atomic E-state index is 12.0. The van der Waals surface area contributed by atoms with Gasteiger partial charge in [-0.3, -0.25) is 0 Å². The topological polar surface area (TPSA) is 52.3 Å². The van der Waals surface area contributed by atoms with E-state index in [1.807, 2.05) is 12.1 Å². The van der Waals surface area contributed by atoms with E-state index in [-0.39, 0.29) is 11.6 Å². The summed E-state index contributed by atoms with van der Waals surface area (Å²) in [4.78, 5) is 12.0. The van der Waals surface area contributed by atoms with Gasteiger partial charge in [-0.05, 0) is 29.7 Å². The lowest BCUT2D eigenvalue weighted by molar-refractivity contribution is 0.0471. The zero-order chi connectivity index (χ0) is 14.1. The Morgan fingerprint density at radius 2 is 2.05 bits per heavy atom. The van der Waals surface area contributed by atoms with Crippen LogP contribution in [0.4, 0.5) is 5.69 Å². The monoisotopic (exact) mass is 287 g/mol. The summed E-state index contributed by atoms with van der Waals surface area (Å²) in [5.41, 5.74) is 8.97. The number of carbonyl (C=O) groups excluding carboxylic acids is 1. The Labute approximate surface area is 122 Å². The Hall–Kier alpha value is -2.00. The molecule has 0 aliphatic heterocycles. The molecule has 0 spiro atoms. The molecule has 0 saturated heterocycles. The van der Waals surface area contributed by atoms with Gasteiger partial charge in [0.1, 0.15) is 0 Å². The Morgan fingerprint density at radius 1 is 1.25 bits per heavy atom. The molecule has 1 atom stereocenters. The molecule has 0 heterocycles. The quantitative estimate of drug-likeness (QED) is 0.695. The molecule has 1 unspecified atom stereocenters. The van der Waals surface area contributed by atoms with Crippen molar-refractivity contribution >= 4 is 23.3 Å². The van der Waals surface area contributed by atoms with Gasteiger partial charge in [0.25, 0.3) is 0 Å². The van der Waals surface area contributed by atoms with Crippen LogP contribution in [-0.2, 0) is 11.2 Å². The second-order valence-electron chi connectivity index (χ2n) is 4.90. The molecule has 3 nitrogen and oxygen atoms in total. The zero-order valence-corrected chi connectivity index (χ0v) is 11.6. The second kappa shape index (κ2) is 5.17. The van der Waals surface area contributed by atoms with Crippen molar-refractivity contribution in [3.63, 3.8) is 0 Å². The highest BCUT2D eigenvalue weighted by molar-refractivity contribution is 6.33. The van der Waals surface area contributed by atoms with Crippen LogP contribution in [0.1, 0.15) is 27.4 Å². The predicted octanol–water partition coefficient (Wildman–Crippen LogP) is 3.42. The van der Waals surface area contributed by atoms with Gasteiger partial charge in [0.15, 0.2) is 0 Å². The van der Waals surface area contributed by atoms with Crippen molar-refractivity contribution in [2.45, 2.75) is 12.3 Å². The number of hydrogen-bond donors (Lipinski definition) is 1. The summed E-state index contributed by atoms with van der Waals surface area (Å²) < 4.78 is 5.35. The summed E-state index contributed by atoms with van der Waals surface area (Å²) in [6.45, 7) is 0.377. The maximum Gasteiger partial charge on any atom is 0.340 e. The third-order valence-electron chi connectivity index (χ3n) is 3.65. The first-order valence-electron chi connectivity index (χ1n) is 6.45. The number of fused-ring (bicyclic) bond motifs is 1. The van der Waals surface area contributed by atoms with Crippen LogP contribution in [0.25, 0.3) is 0 Å². The van der Waals surface area contributed by atoms with Gasteiger partial charge in [0.2, 0.25) is 0 Å². The number of benzene rings is 2. The molecule has 2 aromatic rings. The molecule has 4 heteroatoms. The van der Waals surface area contributed by atoms with Gasteiger partial charge in [-0.15, -0.1) is 0 Å². The number of nitrogens with two attached hydrogens (primary N) is 1. The summed E-state index contributed by atoms with van der Waals surface area (Å²) >= 11 is 5.89. The van der Waals surface area contributed by atoms with Gasteiger partial charge in [-0.25, -0.2) is 4.79 Å². The Morgan fingerprint density at radius 3 is 2.85 bits per heavy atom. The van der Waals surface area contributed by atoms with Gasteiger partial charge in [0.05, 0.1) is 22.9 Å². The van der Waals surface area contributed by atoms with Gasteiger partial charge in [-0.1, -0.05) is 41.9 Å². The van der Waals surface area contributed by atoms with E-state index >= 15 is 0 Å². The number of para-hydroxylation sites is 1. The minimum atomic E-state index is -0.422. The normalized spacial score (nSPS) is 16.1. The number of halogens is 1. The maximum absolute atomic E-state index is 12.0. The van der Waals surface area contributed by atoms with E-state index in [1.165, 1.54) is 11.1 Å². The number of ether oxygens (including phenoxy) is 1. The van der Waals surface area contributed by atoms with Gasteiger partial charge < -0.3 is 10.5 Å². The summed E-state index contributed by atoms with van der Waals surface area (Å²) in [7, 11) is 0. The summed E-state index contributed by atoms with van der Waals surface area (Å²) in [6.07, 6.45) is 0.953. The molecule has 0 radical (unpaired) electrons. The fraction of sp³-hybridized carbons (Fsp3) is 0.188. The molecule has 102 valence electrons. The van der Waals surface area contributed by atoms with Crippen molar-refractivity contribution < 1.29 is 9.53 Å². The fourth-order valence-corrected chi connectivity index (χ4v) is 2.65. The van der Waals surface area contributed by atoms with Crippen LogP contribution in [0.5, 0.6) is 0 Å². The molecule has 2 N–H and O–H groups in total. The van der Waals surface area contributed by atoms with E-state index in [9.17, 15) is 4.79 Å². The van der Waals surface area contributed by atoms with Crippen molar-refractivity contribution in [2.75, 3.05) is 12.3 Å². The molecule has 0 saturated carbocycles. The first-order valence-corrected chi connectivity index (χ1v) is 6.83. The third-order valence-corrected chi connectivity index (χ3v) is 3.98. The number of hydrogen-bond acceptors (Lipinski definition) is 3. The van der Waals surface area contributed by atoms with Crippen LogP contribution < -0.4 is 5.73 Å². The number of nitrogen functional groups attached to an aromatic ring is 1. The minimum absolute atomic E-state index is 0.271. The van der Waals surface area contributed by atoms with E-state index in [0.29, 0.717) is 17.2 Å². The molecular weight excluding hydrogens is 274 g/mol. The molecule has 0 fully saturated rings. The Kier molecular flexibility index (Phi) is 3.36. The smallest absolute Gasteiger partial charge is 0.340 e. The Bertz CT molecular complexity index is 669. The van der Waals surface area contributed by atoms with Gasteiger partial charge in [-0.2, -0.15) is 0 Å². The number of esters is 1. The summed E-state index contributed by atoms with van der Waals surface area (Å²) in [5.74, 6) is -0.134. The van der Waals surface area contributed by atoms with Crippen LogP contribution >= 0.6 is 11.6 Å². The predicted molar refractivity (Wildman–Crippen MR) is 79.0 cm³/mol. The van der Waals surface area contributed by atoms with Crippen molar-refractivity contribution in [1.29, 1.82) is 0 Å². The lowest BCUT2D eigenvalue weighted by Crippen LogP contribution is -2.23. The minimum Gasteiger partial charge on any atom is -0.461 e. The van der Waals surface area contributed by atoms with Gasteiger partial charge in [0, 0.05) is 5.92 Å². The van der Waals surface area contributed by atoms with Crippen LogP contribution in [0.3, 0.4) is 0 Å². The molecule has 1 aliphatic rings. The molecule has 2 aromatic carbocycles. The second-order valence-corrected chi connectivity index (χ2v) is 5.31. The fourth-order valence-electron chi connectivity index (χ4n) is 2.48. The van der Waals surface area contributed by atoms with Crippen molar-refractivity contribution in [2.24, 2.45) is 0 Å². The van der Waals surface area contributed by atoms with E-state index in [1.54, 1.807) is 18.2 Å². The summed E-state index contributed by atoms with van der Waals surface area (Å²) in [5, 5.41) is 0.369. The lowest BCUT2D eigenvalue weighted by Gasteiger charge is -2.29. The van der Waals surface area contributed by atoms with E-state index in [0.717, 1.165) is 6.42 Å². The lowest BCUT2D eigenvalue weighted by atomic mass is 9.78. The molecule has 0 amide bonds. The first kappa shape index (κ1) is 13.0. The molecule has 1 aliphatic carbocycles. The van der Waals surface area contributed by atoms with E-state index in [2.05, 4.69) is 12.1 Å². The van der Waals surface area contributed by atoms with Crippen molar-refractivity contribution in [1.82, 2.24) is 0 Å². The molecule has 3 rings (SSSR count). The number of rotatable bonds is 3. The highest BCUT2D eigenvalue weighted by Gasteiger charge is 2.27. The molecular formula is C16H14ClNO2. The number of anilines is 1. The average Bonchev–Trinajstić information content (AvgIpc) is 2.42. The zero-order valence-electron chi connectivity index (χ0n) is 10.8. The van der Waals surface area contributed by atoms with E-state index < -0.39 is 5.97 Å². The largest absolute Gasteiger partial charge is 0.461 e. The SMILES string of the molecule is Nc1c(Cl)cccc1C(=O)OCC1Cc2ccccc21. The standard InChI is InChI=1S/C16H14ClNO2/c17-14-7-3-6-13(15(14)18)16(19)20-9-11-8-10-4-1-2-5-12(10)11/h1-7,11H,8-9,18H2. The Balaban J connectivity index is 1.65. The van der Waals surface area contributed by atoms with Crippen molar-refractivity contribution in [3.05, 3.63) is 64.2 Å². The summed E-state index contributed by atoms with van der Waals surface area (Å²) in [6, 6.07) is 13.2. The van der Waals surface area contributed by atoms with Crippen LogP contribution in [0, 0.1) is 0 Å². The molecule has 0 bridgehead atoms. The molecule has 20 heavy (non-hydrogen) atoms. The molecule has 0 aromatic heterocycles. The number of carbonyl (C=O) groups is 1. The van der Waals surface area contributed by atoms with Crippen LogP contribution in [-0.4, -0.2) is 12.6 Å². The highest BCUT2D eigenvalue weighted by Crippen LogP contribution is 2.35. The van der Waals surface area contributed by atoms with Gasteiger partial charge >= 0.3 is 5.97 Å². The average molecular weight is 288 g/mol. The highest BCUT2D eigenvalue weighted by atomic mass is 35.5. The van der Waals surface area contributed by atoms with Crippen LogP contribution in [0.2, 0.25) is 5.02 Å². The van der Waals surface area contributed by atoms with Crippen molar-refractivity contribution in [3.8, 4) is 0 Å². The third kappa shape index (κ3) is 2.25. The van der Waals surface area contributed by atoms with E-state index in [4.69, 9.17) is 22.1 Å².